The summed E-state index contributed by atoms with van der Waals surface area (Å²) in [4.78, 5) is 26.6. The van der Waals surface area contributed by atoms with Crippen LogP contribution in [0.3, 0.4) is 0 Å². The van der Waals surface area contributed by atoms with Crippen LogP contribution < -0.4 is 5.56 Å². The first-order valence-electron chi connectivity index (χ1n) is 11.4. The monoisotopic (exact) mass is 494 g/mol. The van der Waals surface area contributed by atoms with Crippen LogP contribution >= 0.6 is 0 Å². The van der Waals surface area contributed by atoms with Gasteiger partial charge in [0.1, 0.15) is 0 Å². The van der Waals surface area contributed by atoms with E-state index in [4.69, 9.17) is 4.74 Å². The minimum atomic E-state index is -4.07. The van der Waals surface area contributed by atoms with Gasteiger partial charge in [0, 0.05) is 36.4 Å². The number of esters is 1. The van der Waals surface area contributed by atoms with E-state index in [2.05, 4.69) is 0 Å². The SMILES string of the molecule is COC(=O)[C@H]1[C@H](CO)[C@H]2Cn3c(ccc(-c4ccccc4)c3=O)[C@@H]1N2S(=O)(=O)c1ccccc1C. The molecule has 2 bridgehead atoms. The second-order valence-electron chi connectivity index (χ2n) is 8.96. The number of rotatable bonds is 5. The van der Waals surface area contributed by atoms with E-state index in [0.29, 0.717) is 16.8 Å². The van der Waals surface area contributed by atoms with E-state index >= 15 is 0 Å². The smallest absolute Gasteiger partial charge is 0.311 e. The predicted molar refractivity (Wildman–Crippen MR) is 129 cm³/mol. The third-order valence-electron chi connectivity index (χ3n) is 7.20. The number of nitrogens with zero attached hydrogens (tertiary/aromatic N) is 2. The van der Waals surface area contributed by atoms with E-state index in [-0.39, 0.29) is 17.0 Å². The molecule has 9 heteroatoms. The zero-order valence-electron chi connectivity index (χ0n) is 19.4. The number of hydrogen-bond acceptors (Lipinski definition) is 6. The average Bonchev–Trinajstić information content (AvgIpc) is 3.12. The number of benzene rings is 2. The number of carbonyl (C=O) groups excluding carboxylic acids is 1. The van der Waals surface area contributed by atoms with Gasteiger partial charge in [0.05, 0.1) is 24.0 Å². The number of pyridine rings is 1. The largest absolute Gasteiger partial charge is 0.469 e. The Labute approximate surface area is 203 Å². The lowest BCUT2D eigenvalue weighted by atomic mass is 9.87. The topological polar surface area (TPSA) is 106 Å². The number of aliphatic hydroxyl groups excluding tert-OH is 1. The standard InChI is InChI=1S/C26H26N2O6S/c1-16-8-6-7-11-22(16)35(32,33)28-21-14-27-20(24(28)23(19(21)15-29)26(31)34-2)13-12-18(25(27)30)17-9-4-3-5-10-17/h3-13,19,21,23-24,29H,14-15H2,1-2H3/t19-,21-,23+,24+/m1/s1. The number of sulfonamides is 1. The third-order valence-corrected chi connectivity index (χ3v) is 9.26. The quantitative estimate of drug-likeness (QED) is 0.546. The van der Waals surface area contributed by atoms with Crippen LogP contribution in [-0.2, 0) is 26.1 Å². The number of hydrogen-bond donors (Lipinski definition) is 1. The van der Waals surface area contributed by atoms with Crippen molar-refractivity contribution in [3.8, 4) is 11.1 Å². The summed E-state index contributed by atoms with van der Waals surface area (Å²) >= 11 is 0. The molecular weight excluding hydrogens is 468 g/mol. The van der Waals surface area contributed by atoms with Crippen molar-refractivity contribution in [2.45, 2.75) is 30.4 Å². The van der Waals surface area contributed by atoms with Gasteiger partial charge in [-0.1, -0.05) is 48.5 Å². The minimum absolute atomic E-state index is 0.0230. The van der Waals surface area contributed by atoms with Crippen LogP contribution in [0.2, 0.25) is 0 Å². The van der Waals surface area contributed by atoms with Gasteiger partial charge < -0.3 is 14.4 Å². The Morgan fingerprint density at radius 1 is 1.06 bits per heavy atom. The van der Waals surface area contributed by atoms with Crippen molar-refractivity contribution in [2.75, 3.05) is 13.7 Å². The number of ether oxygens (including phenoxy) is 1. The van der Waals surface area contributed by atoms with Crippen molar-refractivity contribution in [2.24, 2.45) is 11.8 Å². The predicted octanol–water partition coefficient (Wildman–Crippen LogP) is 2.35. The second kappa shape index (κ2) is 8.75. The molecule has 3 heterocycles. The summed E-state index contributed by atoms with van der Waals surface area (Å²) < 4.78 is 35.9. The van der Waals surface area contributed by atoms with E-state index in [1.54, 1.807) is 41.8 Å². The Bertz CT molecular complexity index is 1450. The highest BCUT2D eigenvalue weighted by atomic mass is 32.2. The fourth-order valence-corrected chi connectivity index (χ4v) is 7.65. The zero-order chi connectivity index (χ0) is 24.9. The molecule has 0 saturated carbocycles. The Morgan fingerprint density at radius 3 is 2.40 bits per heavy atom. The molecule has 0 aliphatic carbocycles. The Hall–Kier alpha value is -3.27. The summed E-state index contributed by atoms with van der Waals surface area (Å²) in [7, 11) is -2.82. The summed E-state index contributed by atoms with van der Waals surface area (Å²) in [6, 6.07) is 17.5. The van der Waals surface area contributed by atoms with Crippen molar-refractivity contribution in [3.05, 3.63) is 88.3 Å². The Morgan fingerprint density at radius 2 is 1.74 bits per heavy atom. The summed E-state index contributed by atoms with van der Waals surface area (Å²) in [6.07, 6.45) is 0. The maximum absolute atomic E-state index is 14.0. The van der Waals surface area contributed by atoms with Gasteiger partial charge in [0.25, 0.3) is 5.56 Å². The molecule has 1 N–H and O–H groups in total. The van der Waals surface area contributed by atoms with Gasteiger partial charge in [-0.25, -0.2) is 8.42 Å². The van der Waals surface area contributed by atoms with E-state index in [9.17, 15) is 23.1 Å². The number of methoxy groups -OCH3 is 1. The summed E-state index contributed by atoms with van der Waals surface area (Å²) in [5.41, 5.74) is 1.95. The van der Waals surface area contributed by atoms with Crippen LogP contribution in [0.25, 0.3) is 11.1 Å². The second-order valence-corrected chi connectivity index (χ2v) is 10.8. The van der Waals surface area contributed by atoms with Crippen LogP contribution in [0.1, 0.15) is 17.3 Å². The first kappa shape index (κ1) is 23.5. The van der Waals surface area contributed by atoms with Crippen LogP contribution in [0.15, 0.2) is 76.4 Å². The number of aliphatic hydroxyl groups is 1. The highest BCUT2D eigenvalue weighted by Crippen LogP contribution is 2.51. The fraction of sp³-hybridized carbons (Fsp3) is 0.308. The molecule has 8 nitrogen and oxygen atoms in total. The molecular formula is C26H26N2O6S. The maximum Gasteiger partial charge on any atom is 0.311 e. The fourth-order valence-electron chi connectivity index (χ4n) is 5.58. The van der Waals surface area contributed by atoms with Crippen molar-refractivity contribution >= 4 is 16.0 Å². The first-order valence-corrected chi connectivity index (χ1v) is 12.8. The van der Waals surface area contributed by atoms with Crippen LogP contribution in [-0.4, -0.2) is 48.1 Å². The molecule has 2 aliphatic rings. The molecule has 2 aliphatic heterocycles. The zero-order valence-corrected chi connectivity index (χ0v) is 20.2. The van der Waals surface area contributed by atoms with Gasteiger partial charge in [-0.05, 0) is 36.2 Å². The van der Waals surface area contributed by atoms with Gasteiger partial charge >= 0.3 is 5.97 Å². The van der Waals surface area contributed by atoms with Crippen molar-refractivity contribution in [1.82, 2.24) is 8.87 Å². The lowest BCUT2D eigenvalue weighted by molar-refractivity contribution is -0.148. The lowest BCUT2D eigenvalue weighted by Crippen LogP contribution is -2.49. The molecule has 3 aromatic rings. The van der Waals surface area contributed by atoms with Crippen LogP contribution in [0.4, 0.5) is 0 Å². The molecule has 4 atom stereocenters. The first-order chi connectivity index (χ1) is 16.8. The van der Waals surface area contributed by atoms with Crippen LogP contribution in [0.5, 0.6) is 0 Å². The van der Waals surface area contributed by atoms with Gasteiger partial charge in [0.15, 0.2) is 0 Å². The normalized spacial score (nSPS) is 23.6. The molecule has 182 valence electrons. The van der Waals surface area contributed by atoms with E-state index in [0.717, 1.165) is 5.56 Å². The number of aryl methyl sites for hydroxylation is 1. The van der Waals surface area contributed by atoms with Gasteiger partial charge in [0.2, 0.25) is 10.0 Å². The molecule has 2 aromatic carbocycles. The average molecular weight is 495 g/mol. The molecule has 35 heavy (non-hydrogen) atoms. The maximum atomic E-state index is 14.0. The highest BCUT2D eigenvalue weighted by Gasteiger charge is 2.60. The van der Waals surface area contributed by atoms with Crippen molar-refractivity contribution < 1.29 is 23.1 Å². The Kier molecular flexibility index (Phi) is 5.86. The summed E-state index contributed by atoms with van der Waals surface area (Å²) in [5.74, 6) is -2.30. The molecule has 1 saturated heterocycles. The number of carbonyl (C=O) groups is 1. The molecule has 0 radical (unpaired) electrons. The molecule has 0 amide bonds. The van der Waals surface area contributed by atoms with E-state index in [1.165, 1.54) is 17.5 Å². The Balaban J connectivity index is 1.73. The van der Waals surface area contributed by atoms with E-state index < -0.39 is 46.5 Å². The number of aromatic nitrogens is 1. The molecule has 0 unspecified atom stereocenters. The minimum Gasteiger partial charge on any atom is -0.469 e. The summed E-state index contributed by atoms with van der Waals surface area (Å²) in [5, 5.41) is 10.3. The van der Waals surface area contributed by atoms with Crippen molar-refractivity contribution in [1.29, 1.82) is 0 Å². The number of fused-ring (bicyclic) bond motifs is 4. The van der Waals surface area contributed by atoms with Gasteiger partial charge in [-0.2, -0.15) is 4.31 Å². The van der Waals surface area contributed by atoms with Gasteiger partial charge in [-0.15, -0.1) is 0 Å². The summed E-state index contributed by atoms with van der Waals surface area (Å²) in [6.45, 7) is 1.31. The van der Waals surface area contributed by atoms with Crippen LogP contribution in [0, 0.1) is 18.8 Å². The van der Waals surface area contributed by atoms with Crippen molar-refractivity contribution in [3.63, 3.8) is 0 Å². The molecule has 1 aromatic heterocycles. The lowest BCUT2D eigenvalue weighted by Gasteiger charge is -2.37. The highest BCUT2D eigenvalue weighted by molar-refractivity contribution is 7.89. The molecule has 1 fully saturated rings. The molecule has 5 rings (SSSR count). The third kappa shape index (κ3) is 3.53. The van der Waals surface area contributed by atoms with Gasteiger partial charge in [-0.3, -0.25) is 9.59 Å². The molecule has 0 spiro atoms. The van der Waals surface area contributed by atoms with E-state index in [1.807, 2.05) is 30.3 Å².